The number of nitrogens with zero attached hydrogens (tertiary/aromatic N) is 1. The van der Waals surface area contributed by atoms with Crippen LogP contribution in [0.1, 0.15) is 32.6 Å². The third-order valence-electron chi connectivity index (χ3n) is 4.11. The van der Waals surface area contributed by atoms with Crippen LogP contribution in [-0.2, 0) is 14.8 Å². The molecule has 2 aliphatic rings. The summed E-state index contributed by atoms with van der Waals surface area (Å²) in [6.45, 7) is 4.33. The first-order valence-corrected chi connectivity index (χ1v) is 8.34. The number of rotatable bonds is 3. The Morgan fingerprint density at radius 1 is 1.28 bits per heavy atom. The topological polar surface area (TPSA) is 72.6 Å². The molecule has 0 aromatic heterocycles. The second-order valence-electron chi connectivity index (χ2n) is 5.49. The Bertz CT molecular complexity index is 366. The second-order valence-corrected chi connectivity index (χ2v) is 7.65. The fourth-order valence-electron chi connectivity index (χ4n) is 2.94. The molecule has 0 radical (unpaired) electrons. The minimum atomic E-state index is -3.20. The molecule has 2 fully saturated rings. The molecule has 2 rings (SSSR count). The van der Waals surface area contributed by atoms with Gasteiger partial charge in [0.05, 0.1) is 5.25 Å². The first kappa shape index (κ1) is 14.2. The van der Waals surface area contributed by atoms with E-state index in [2.05, 4.69) is 6.92 Å². The van der Waals surface area contributed by atoms with Crippen molar-refractivity contribution in [3.8, 4) is 0 Å². The van der Waals surface area contributed by atoms with Crippen LogP contribution in [0, 0.1) is 5.92 Å². The van der Waals surface area contributed by atoms with Crippen LogP contribution in [0.15, 0.2) is 0 Å². The molecule has 18 heavy (non-hydrogen) atoms. The zero-order chi connectivity index (χ0) is 13.2. The molecule has 0 aromatic carbocycles. The van der Waals surface area contributed by atoms with Crippen molar-refractivity contribution in [3.63, 3.8) is 0 Å². The molecule has 0 saturated carbocycles. The molecule has 2 unspecified atom stereocenters. The summed E-state index contributed by atoms with van der Waals surface area (Å²) in [5.74, 6) is 0.569. The molecule has 0 amide bonds. The molecule has 2 atom stereocenters. The highest BCUT2D eigenvalue weighted by Gasteiger charge is 2.39. The third kappa shape index (κ3) is 2.87. The highest BCUT2D eigenvalue weighted by atomic mass is 32.2. The lowest BCUT2D eigenvalue weighted by atomic mass is 9.94. The molecule has 2 N–H and O–H groups in total. The van der Waals surface area contributed by atoms with Crippen LogP contribution in [-0.4, -0.2) is 50.3 Å². The Morgan fingerprint density at radius 3 is 2.56 bits per heavy atom. The molecule has 2 saturated heterocycles. The first-order valence-electron chi connectivity index (χ1n) is 6.84. The van der Waals surface area contributed by atoms with E-state index in [1.54, 1.807) is 4.31 Å². The molecule has 106 valence electrons. The zero-order valence-corrected chi connectivity index (χ0v) is 11.9. The maximum absolute atomic E-state index is 12.6. The van der Waals surface area contributed by atoms with E-state index >= 15 is 0 Å². The number of piperidine rings is 1. The van der Waals surface area contributed by atoms with Crippen molar-refractivity contribution >= 4 is 10.0 Å². The van der Waals surface area contributed by atoms with Crippen molar-refractivity contribution in [3.05, 3.63) is 0 Å². The summed E-state index contributed by atoms with van der Waals surface area (Å²) in [6, 6.07) is -0.0124. The van der Waals surface area contributed by atoms with E-state index in [4.69, 9.17) is 10.5 Å². The third-order valence-corrected chi connectivity index (χ3v) is 6.56. The van der Waals surface area contributed by atoms with Crippen molar-refractivity contribution in [2.24, 2.45) is 11.7 Å². The van der Waals surface area contributed by atoms with Gasteiger partial charge in [0.2, 0.25) is 10.0 Å². The summed E-state index contributed by atoms with van der Waals surface area (Å²) in [5.41, 5.74) is 5.75. The van der Waals surface area contributed by atoms with Gasteiger partial charge in [-0.05, 0) is 31.6 Å². The molecular formula is C12H24N2O3S. The summed E-state index contributed by atoms with van der Waals surface area (Å²) in [5, 5.41) is -0.270. The largest absolute Gasteiger partial charge is 0.381 e. The molecule has 5 nitrogen and oxygen atoms in total. The van der Waals surface area contributed by atoms with Gasteiger partial charge in [-0.2, -0.15) is 4.31 Å². The Hall–Kier alpha value is -0.170. The Kier molecular flexibility index (Phi) is 4.64. The predicted octanol–water partition coefficient (Wildman–Crippen LogP) is 0.554. The first-order chi connectivity index (χ1) is 8.55. The lowest BCUT2D eigenvalue weighted by molar-refractivity contribution is 0.0958. The summed E-state index contributed by atoms with van der Waals surface area (Å²) in [7, 11) is -3.20. The van der Waals surface area contributed by atoms with E-state index in [-0.39, 0.29) is 11.3 Å². The van der Waals surface area contributed by atoms with Gasteiger partial charge in [0, 0.05) is 32.3 Å². The highest BCUT2D eigenvalue weighted by Crippen LogP contribution is 2.28. The van der Waals surface area contributed by atoms with Gasteiger partial charge in [-0.3, -0.25) is 0 Å². The molecule has 0 aromatic rings. The number of hydrogen-bond donors (Lipinski definition) is 1. The van der Waals surface area contributed by atoms with Gasteiger partial charge in [-0.25, -0.2) is 8.42 Å². The monoisotopic (exact) mass is 276 g/mol. The van der Waals surface area contributed by atoms with E-state index in [0.29, 0.717) is 45.1 Å². The van der Waals surface area contributed by atoms with Crippen LogP contribution in [0.25, 0.3) is 0 Å². The molecule has 0 bridgehead atoms. The maximum atomic E-state index is 12.6. The summed E-state index contributed by atoms with van der Waals surface area (Å²) in [6.07, 6.45) is 3.06. The fourth-order valence-corrected chi connectivity index (χ4v) is 5.06. The molecule has 0 spiro atoms. The van der Waals surface area contributed by atoms with Crippen LogP contribution >= 0.6 is 0 Å². The Morgan fingerprint density at radius 2 is 1.94 bits per heavy atom. The van der Waals surface area contributed by atoms with E-state index in [0.717, 1.165) is 12.8 Å². The Balaban J connectivity index is 2.12. The van der Waals surface area contributed by atoms with Gasteiger partial charge in [0.25, 0.3) is 0 Å². The lowest BCUT2D eigenvalue weighted by Gasteiger charge is -2.39. The SMILES string of the molecule is CC1CCN(S(=O)(=O)C2CCOCC2)C(CN)C1. The van der Waals surface area contributed by atoms with Crippen molar-refractivity contribution in [1.82, 2.24) is 4.31 Å². The van der Waals surface area contributed by atoms with Gasteiger partial charge >= 0.3 is 0 Å². The van der Waals surface area contributed by atoms with Crippen LogP contribution < -0.4 is 5.73 Å². The number of ether oxygens (including phenoxy) is 1. The quantitative estimate of drug-likeness (QED) is 0.817. The average Bonchev–Trinajstić information content (AvgIpc) is 2.39. The van der Waals surface area contributed by atoms with Crippen LogP contribution in [0.4, 0.5) is 0 Å². The minimum absolute atomic E-state index is 0.0124. The molecular weight excluding hydrogens is 252 g/mol. The normalized spacial score (nSPS) is 32.6. The zero-order valence-electron chi connectivity index (χ0n) is 11.0. The lowest BCUT2D eigenvalue weighted by Crippen LogP contribution is -2.52. The van der Waals surface area contributed by atoms with E-state index < -0.39 is 10.0 Å². The van der Waals surface area contributed by atoms with E-state index in [9.17, 15) is 8.42 Å². The van der Waals surface area contributed by atoms with E-state index in [1.807, 2.05) is 0 Å². The smallest absolute Gasteiger partial charge is 0.217 e. The minimum Gasteiger partial charge on any atom is -0.381 e. The Labute approximate surface area is 110 Å². The van der Waals surface area contributed by atoms with Crippen molar-refractivity contribution in [2.75, 3.05) is 26.3 Å². The molecule has 0 aliphatic carbocycles. The van der Waals surface area contributed by atoms with Gasteiger partial charge < -0.3 is 10.5 Å². The number of hydrogen-bond acceptors (Lipinski definition) is 4. The number of nitrogens with two attached hydrogens (primary N) is 1. The van der Waals surface area contributed by atoms with Gasteiger partial charge in [-0.15, -0.1) is 0 Å². The van der Waals surface area contributed by atoms with Gasteiger partial charge in [0.1, 0.15) is 0 Å². The maximum Gasteiger partial charge on any atom is 0.217 e. The van der Waals surface area contributed by atoms with Crippen molar-refractivity contribution < 1.29 is 13.2 Å². The van der Waals surface area contributed by atoms with Crippen LogP contribution in [0.3, 0.4) is 0 Å². The van der Waals surface area contributed by atoms with Gasteiger partial charge in [0.15, 0.2) is 0 Å². The van der Waals surface area contributed by atoms with Crippen LogP contribution in [0.2, 0.25) is 0 Å². The van der Waals surface area contributed by atoms with Gasteiger partial charge in [-0.1, -0.05) is 6.92 Å². The molecule has 2 heterocycles. The van der Waals surface area contributed by atoms with E-state index in [1.165, 1.54) is 0 Å². The number of sulfonamides is 1. The average molecular weight is 276 g/mol. The van der Waals surface area contributed by atoms with Crippen molar-refractivity contribution in [2.45, 2.75) is 43.9 Å². The molecule has 2 aliphatic heterocycles. The molecule has 6 heteroatoms. The summed E-state index contributed by atoms with van der Waals surface area (Å²) in [4.78, 5) is 0. The second kappa shape index (κ2) is 5.86. The van der Waals surface area contributed by atoms with Crippen molar-refractivity contribution in [1.29, 1.82) is 0 Å². The predicted molar refractivity (Wildman–Crippen MR) is 70.7 cm³/mol. The highest BCUT2D eigenvalue weighted by molar-refractivity contribution is 7.89. The fraction of sp³-hybridized carbons (Fsp3) is 1.00. The summed E-state index contributed by atoms with van der Waals surface area (Å²) < 4.78 is 32.2. The summed E-state index contributed by atoms with van der Waals surface area (Å²) >= 11 is 0. The standard InChI is InChI=1S/C12H24N2O3S/c1-10-2-5-14(11(8-10)9-13)18(15,16)12-3-6-17-7-4-12/h10-12H,2-9,13H2,1H3. The van der Waals surface area contributed by atoms with Crippen LogP contribution in [0.5, 0.6) is 0 Å².